The van der Waals surface area contributed by atoms with E-state index in [4.69, 9.17) is 4.74 Å². The molecule has 2 heterocycles. The zero-order valence-corrected chi connectivity index (χ0v) is 11.3. The van der Waals surface area contributed by atoms with Gasteiger partial charge < -0.3 is 20.1 Å². The van der Waals surface area contributed by atoms with Crippen molar-refractivity contribution in [2.45, 2.75) is 50.9 Å². The van der Waals surface area contributed by atoms with E-state index in [0.29, 0.717) is 19.6 Å². The number of carbonyl (C=O) groups excluding carboxylic acids is 1. The molecule has 1 amide bonds. The maximum absolute atomic E-state index is 12.3. The number of rotatable bonds is 4. The van der Waals surface area contributed by atoms with Crippen LogP contribution in [0.2, 0.25) is 0 Å². The van der Waals surface area contributed by atoms with Crippen LogP contribution in [-0.2, 0) is 9.53 Å². The number of likely N-dealkylation sites (tertiary alicyclic amines) is 1. The molecule has 18 heavy (non-hydrogen) atoms. The molecule has 2 aliphatic heterocycles. The minimum absolute atomic E-state index is 0.0787. The van der Waals surface area contributed by atoms with Gasteiger partial charge in [-0.3, -0.25) is 4.79 Å². The van der Waals surface area contributed by atoms with Crippen LogP contribution in [0, 0.1) is 0 Å². The van der Waals surface area contributed by atoms with Crippen LogP contribution in [0.25, 0.3) is 0 Å². The molecular weight excluding hydrogens is 232 g/mol. The van der Waals surface area contributed by atoms with Gasteiger partial charge in [-0.05, 0) is 26.3 Å². The van der Waals surface area contributed by atoms with E-state index >= 15 is 0 Å². The number of β-amino-alcohol motifs (C(OH)–C–C–N with tert-alkyl or cyclic N) is 1. The molecule has 0 aromatic rings. The molecule has 0 saturated carbocycles. The molecule has 0 aromatic heterocycles. The van der Waals surface area contributed by atoms with E-state index < -0.39 is 5.60 Å². The fourth-order valence-corrected chi connectivity index (χ4v) is 2.84. The standard InChI is InChI=1S/C13H24N2O3/c1-3-14-11-5-4-7-15(12(11)16)9-13(17)6-8-18-10(13)2/h10-11,14,17H,3-9H2,1-2H3. The lowest BCUT2D eigenvalue weighted by Crippen LogP contribution is -2.56. The van der Waals surface area contributed by atoms with Crippen molar-refractivity contribution in [1.82, 2.24) is 10.2 Å². The smallest absolute Gasteiger partial charge is 0.239 e. The Bertz CT molecular complexity index is 309. The van der Waals surface area contributed by atoms with Gasteiger partial charge in [0.25, 0.3) is 0 Å². The fraction of sp³-hybridized carbons (Fsp3) is 0.923. The average Bonchev–Trinajstić information content (AvgIpc) is 2.65. The number of aliphatic hydroxyl groups is 1. The third-order valence-electron chi connectivity index (χ3n) is 4.11. The van der Waals surface area contributed by atoms with Crippen molar-refractivity contribution in [3.63, 3.8) is 0 Å². The Morgan fingerprint density at radius 3 is 3.00 bits per heavy atom. The molecule has 5 nitrogen and oxygen atoms in total. The number of hydrogen-bond donors (Lipinski definition) is 2. The number of nitrogens with one attached hydrogen (secondary N) is 1. The first-order chi connectivity index (χ1) is 8.57. The van der Waals surface area contributed by atoms with Crippen LogP contribution >= 0.6 is 0 Å². The Morgan fingerprint density at radius 1 is 1.61 bits per heavy atom. The lowest BCUT2D eigenvalue weighted by atomic mass is 9.94. The van der Waals surface area contributed by atoms with Gasteiger partial charge in [-0.2, -0.15) is 0 Å². The first-order valence-corrected chi connectivity index (χ1v) is 6.93. The molecule has 2 saturated heterocycles. The maximum Gasteiger partial charge on any atom is 0.239 e. The van der Waals surface area contributed by atoms with Crippen molar-refractivity contribution in [2.24, 2.45) is 0 Å². The lowest BCUT2D eigenvalue weighted by Gasteiger charge is -2.38. The van der Waals surface area contributed by atoms with Crippen molar-refractivity contribution in [3.8, 4) is 0 Å². The molecule has 3 unspecified atom stereocenters. The number of likely N-dealkylation sites (N-methyl/N-ethyl adjacent to an activating group) is 1. The van der Waals surface area contributed by atoms with Crippen molar-refractivity contribution < 1.29 is 14.6 Å². The maximum atomic E-state index is 12.3. The van der Waals surface area contributed by atoms with Gasteiger partial charge in [0.15, 0.2) is 0 Å². The summed E-state index contributed by atoms with van der Waals surface area (Å²) >= 11 is 0. The summed E-state index contributed by atoms with van der Waals surface area (Å²) in [5.74, 6) is 0.121. The van der Waals surface area contributed by atoms with E-state index in [0.717, 1.165) is 25.9 Å². The summed E-state index contributed by atoms with van der Waals surface area (Å²) in [6.45, 7) is 6.41. The zero-order valence-electron chi connectivity index (χ0n) is 11.3. The van der Waals surface area contributed by atoms with Gasteiger partial charge in [0.2, 0.25) is 5.91 Å². The Labute approximate surface area is 108 Å². The van der Waals surface area contributed by atoms with Gasteiger partial charge >= 0.3 is 0 Å². The van der Waals surface area contributed by atoms with E-state index in [1.54, 1.807) is 4.90 Å². The van der Waals surface area contributed by atoms with E-state index in [1.807, 2.05) is 13.8 Å². The SMILES string of the molecule is CCNC1CCCN(CC2(O)CCOC2C)C1=O. The summed E-state index contributed by atoms with van der Waals surface area (Å²) in [6, 6.07) is -0.0787. The van der Waals surface area contributed by atoms with E-state index in [-0.39, 0.29) is 18.1 Å². The van der Waals surface area contributed by atoms with Gasteiger partial charge in [0.1, 0.15) is 5.60 Å². The first-order valence-electron chi connectivity index (χ1n) is 6.93. The summed E-state index contributed by atoms with van der Waals surface area (Å²) in [5.41, 5.74) is -0.871. The highest BCUT2D eigenvalue weighted by molar-refractivity contribution is 5.82. The summed E-state index contributed by atoms with van der Waals surface area (Å²) < 4.78 is 5.42. The number of piperidine rings is 1. The quantitative estimate of drug-likeness (QED) is 0.750. The second kappa shape index (κ2) is 5.55. The van der Waals surface area contributed by atoms with Gasteiger partial charge in [-0.25, -0.2) is 0 Å². The number of amides is 1. The van der Waals surface area contributed by atoms with Crippen LogP contribution < -0.4 is 5.32 Å². The Kier molecular flexibility index (Phi) is 4.25. The van der Waals surface area contributed by atoms with Crippen LogP contribution in [0.4, 0.5) is 0 Å². The van der Waals surface area contributed by atoms with Crippen LogP contribution in [0.5, 0.6) is 0 Å². The monoisotopic (exact) mass is 256 g/mol. The Morgan fingerprint density at radius 2 is 2.39 bits per heavy atom. The molecule has 0 radical (unpaired) electrons. The van der Waals surface area contributed by atoms with E-state index in [2.05, 4.69) is 5.32 Å². The van der Waals surface area contributed by atoms with Crippen molar-refractivity contribution in [2.75, 3.05) is 26.2 Å². The highest BCUT2D eigenvalue weighted by Gasteiger charge is 2.43. The molecule has 2 rings (SSSR count). The van der Waals surface area contributed by atoms with Crippen LogP contribution in [0.1, 0.15) is 33.1 Å². The molecule has 104 valence electrons. The number of ether oxygens (including phenoxy) is 1. The molecule has 2 fully saturated rings. The van der Waals surface area contributed by atoms with E-state index in [9.17, 15) is 9.90 Å². The molecule has 3 atom stereocenters. The molecule has 0 aromatic carbocycles. The van der Waals surface area contributed by atoms with Crippen LogP contribution in [0.15, 0.2) is 0 Å². The van der Waals surface area contributed by atoms with Gasteiger partial charge in [0, 0.05) is 19.6 Å². The summed E-state index contributed by atoms with van der Waals surface area (Å²) in [7, 11) is 0. The molecule has 0 aliphatic carbocycles. The summed E-state index contributed by atoms with van der Waals surface area (Å²) in [4.78, 5) is 14.1. The predicted octanol–water partition coefficient (Wildman–Crippen LogP) is 0.127. The minimum Gasteiger partial charge on any atom is -0.385 e. The lowest BCUT2D eigenvalue weighted by molar-refractivity contribution is -0.141. The predicted molar refractivity (Wildman–Crippen MR) is 68.3 cm³/mol. The van der Waals surface area contributed by atoms with Gasteiger partial charge in [-0.15, -0.1) is 0 Å². The van der Waals surface area contributed by atoms with E-state index in [1.165, 1.54) is 0 Å². The van der Waals surface area contributed by atoms with Crippen LogP contribution in [0.3, 0.4) is 0 Å². The molecule has 0 bridgehead atoms. The first kappa shape index (κ1) is 13.8. The van der Waals surface area contributed by atoms with Crippen molar-refractivity contribution >= 4 is 5.91 Å². The molecule has 2 N–H and O–H groups in total. The van der Waals surface area contributed by atoms with Crippen molar-refractivity contribution in [1.29, 1.82) is 0 Å². The highest BCUT2D eigenvalue weighted by Crippen LogP contribution is 2.28. The minimum atomic E-state index is -0.871. The second-order valence-corrected chi connectivity index (χ2v) is 5.38. The Balaban J connectivity index is 1.98. The number of nitrogens with zero attached hydrogens (tertiary/aromatic N) is 1. The van der Waals surface area contributed by atoms with Crippen molar-refractivity contribution in [3.05, 3.63) is 0 Å². The zero-order chi connectivity index (χ0) is 13.2. The summed E-state index contributed by atoms with van der Waals surface area (Å²) in [5, 5.41) is 13.7. The third kappa shape index (κ3) is 2.68. The normalized spacial score (nSPS) is 37.3. The summed E-state index contributed by atoms with van der Waals surface area (Å²) in [6.07, 6.45) is 2.32. The molecule has 2 aliphatic rings. The molecule has 0 spiro atoms. The number of hydrogen-bond acceptors (Lipinski definition) is 4. The highest BCUT2D eigenvalue weighted by atomic mass is 16.5. The second-order valence-electron chi connectivity index (χ2n) is 5.38. The molecule has 5 heteroatoms. The largest absolute Gasteiger partial charge is 0.385 e. The third-order valence-corrected chi connectivity index (χ3v) is 4.11. The van der Waals surface area contributed by atoms with Crippen LogP contribution in [-0.4, -0.2) is 59.9 Å². The van der Waals surface area contributed by atoms with Gasteiger partial charge in [-0.1, -0.05) is 6.92 Å². The topological polar surface area (TPSA) is 61.8 Å². The number of carbonyl (C=O) groups is 1. The molecular formula is C13H24N2O3. The Hall–Kier alpha value is -0.650. The van der Waals surface area contributed by atoms with Gasteiger partial charge in [0.05, 0.1) is 18.7 Å². The fourth-order valence-electron chi connectivity index (χ4n) is 2.84. The average molecular weight is 256 g/mol.